The van der Waals surface area contributed by atoms with Crippen molar-refractivity contribution in [3.8, 4) is 5.75 Å². The van der Waals surface area contributed by atoms with E-state index in [-0.39, 0.29) is 11.1 Å². The fraction of sp³-hybridized carbons (Fsp3) is 0.286. The summed E-state index contributed by atoms with van der Waals surface area (Å²) in [7, 11) is 1.58. The highest BCUT2D eigenvalue weighted by atomic mass is 35.5. The number of fused-ring (bicyclic) bond motifs is 2. The zero-order valence-corrected chi connectivity index (χ0v) is 11.7. The van der Waals surface area contributed by atoms with Crippen LogP contribution in [0.15, 0.2) is 46.5 Å². The van der Waals surface area contributed by atoms with Gasteiger partial charge < -0.3 is 14.6 Å². The van der Waals surface area contributed by atoms with Crippen LogP contribution in [-0.2, 0) is 10.3 Å². The smallest absolute Gasteiger partial charge is 0.156 e. The van der Waals surface area contributed by atoms with Crippen LogP contribution in [0.1, 0.15) is 5.56 Å². The van der Waals surface area contributed by atoms with Crippen molar-refractivity contribution >= 4 is 23.2 Å². The van der Waals surface area contributed by atoms with Crippen LogP contribution in [0, 0.1) is 0 Å². The van der Waals surface area contributed by atoms with Gasteiger partial charge in [0.15, 0.2) is 5.60 Å². The molecule has 3 nitrogen and oxygen atoms in total. The predicted molar refractivity (Wildman–Crippen MR) is 73.4 cm³/mol. The molecule has 0 aromatic heterocycles. The van der Waals surface area contributed by atoms with Crippen molar-refractivity contribution in [3.63, 3.8) is 0 Å². The van der Waals surface area contributed by atoms with Crippen molar-refractivity contribution in [2.75, 3.05) is 7.11 Å². The highest BCUT2D eigenvalue weighted by Crippen LogP contribution is 2.48. The molecule has 3 rings (SSSR count). The monoisotopic (exact) mass is 298 g/mol. The fourth-order valence-corrected chi connectivity index (χ4v) is 2.99. The predicted octanol–water partition coefficient (Wildman–Crippen LogP) is 2.91. The van der Waals surface area contributed by atoms with Gasteiger partial charge in [-0.25, -0.2) is 0 Å². The van der Waals surface area contributed by atoms with Crippen LogP contribution in [0.5, 0.6) is 5.75 Å². The highest BCUT2D eigenvalue weighted by molar-refractivity contribution is 6.40. The van der Waals surface area contributed by atoms with Crippen LogP contribution in [0.25, 0.3) is 0 Å². The minimum atomic E-state index is -1.45. The van der Waals surface area contributed by atoms with Crippen LogP contribution in [-0.4, -0.2) is 24.4 Å². The van der Waals surface area contributed by atoms with Gasteiger partial charge in [-0.2, -0.15) is 0 Å². The molecule has 0 aliphatic carbocycles. The Kier molecular flexibility index (Phi) is 3.10. The van der Waals surface area contributed by atoms with Crippen molar-refractivity contribution in [1.82, 2.24) is 0 Å². The molecule has 5 heteroatoms. The van der Waals surface area contributed by atoms with E-state index in [0.29, 0.717) is 16.3 Å². The Labute approximate surface area is 121 Å². The van der Waals surface area contributed by atoms with Crippen molar-refractivity contribution in [1.29, 1.82) is 0 Å². The molecular weight excluding hydrogens is 287 g/mol. The van der Waals surface area contributed by atoms with Gasteiger partial charge >= 0.3 is 0 Å². The van der Waals surface area contributed by atoms with E-state index in [1.165, 1.54) is 0 Å². The second-order valence-corrected chi connectivity index (χ2v) is 5.30. The quantitative estimate of drug-likeness (QED) is 0.853. The lowest BCUT2D eigenvalue weighted by molar-refractivity contribution is -0.0747. The molecule has 19 heavy (non-hydrogen) atoms. The van der Waals surface area contributed by atoms with Gasteiger partial charge in [0.1, 0.15) is 18.0 Å². The third-order valence-corrected chi connectivity index (χ3v) is 4.48. The Balaban J connectivity index is 2.10. The molecule has 0 saturated heterocycles. The normalized spacial score (nSPS) is 32.8. The fourth-order valence-electron chi connectivity index (χ4n) is 2.40. The first-order valence-electron chi connectivity index (χ1n) is 5.83. The Morgan fingerprint density at radius 3 is 2.53 bits per heavy atom. The summed E-state index contributed by atoms with van der Waals surface area (Å²) in [6.45, 7) is 0. The number of hydrogen-bond acceptors (Lipinski definition) is 3. The molecule has 1 N–H and O–H groups in total. The number of hydrogen-bond donors (Lipinski definition) is 1. The summed E-state index contributed by atoms with van der Waals surface area (Å²) in [4.78, 5) is 0. The molecule has 1 aromatic carbocycles. The molecule has 2 aliphatic heterocycles. The molecule has 0 saturated carbocycles. The third-order valence-electron chi connectivity index (χ3n) is 3.49. The van der Waals surface area contributed by atoms with Gasteiger partial charge in [-0.05, 0) is 17.7 Å². The van der Waals surface area contributed by atoms with Gasteiger partial charge in [0, 0.05) is 0 Å². The van der Waals surface area contributed by atoms with Crippen LogP contribution in [0.2, 0.25) is 0 Å². The Hall–Kier alpha value is -1.00. The van der Waals surface area contributed by atoms with Crippen molar-refractivity contribution in [3.05, 3.63) is 52.0 Å². The number of aliphatic hydroxyl groups is 1. The molecule has 2 heterocycles. The van der Waals surface area contributed by atoms with Gasteiger partial charge in [-0.15, -0.1) is 0 Å². The van der Waals surface area contributed by atoms with Crippen LogP contribution in [0.4, 0.5) is 0 Å². The number of methoxy groups -OCH3 is 1. The van der Waals surface area contributed by atoms with E-state index in [4.69, 9.17) is 32.7 Å². The Morgan fingerprint density at radius 1 is 1.21 bits per heavy atom. The minimum absolute atomic E-state index is 0.214. The minimum Gasteiger partial charge on any atom is -0.497 e. The highest BCUT2D eigenvalue weighted by Gasteiger charge is 2.50. The van der Waals surface area contributed by atoms with E-state index in [9.17, 15) is 5.11 Å². The molecule has 3 atom stereocenters. The van der Waals surface area contributed by atoms with Gasteiger partial charge in [0.05, 0.1) is 17.2 Å². The second-order valence-electron chi connectivity index (χ2n) is 4.52. The first-order chi connectivity index (χ1) is 9.07. The van der Waals surface area contributed by atoms with Crippen LogP contribution < -0.4 is 4.74 Å². The number of benzene rings is 1. The van der Waals surface area contributed by atoms with E-state index in [1.54, 1.807) is 43.5 Å². The topological polar surface area (TPSA) is 38.7 Å². The molecule has 0 spiro atoms. The summed E-state index contributed by atoms with van der Waals surface area (Å²) in [5.74, 6) is 0.704. The van der Waals surface area contributed by atoms with E-state index >= 15 is 0 Å². The van der Waals surface area contributed by atoms with Gasteiger partial charge in [0.2, 0.25) is 0 Å². The lowest BCUT2D eigenvalue weighted by Crippen LogP contribution is -2.44. The average molecular weight is 299 g/mol. The van der Waals surface area contributed by atoms with Crippen LogP contribution in [0.3, 0.4) is 0 Å². The van der Waals surface area contributed by atoms with Crippen molar-refractivity contribution in [2.24, 2.45) is 0 Å². The number of ether oxygens (including phenoxy) is 2. The first kappa shape index (κ1) is 13.0. The molecule has 0 radical (unpaired) electrons. The SMILES string of the molecule is COc1ccc([C@@]2(O)C(Cl)=C(Cl)[C@H]3C=C[C@@H]2O3)cc1. The lowest BCUT2D eigenvalue weighted by atomic mass is 9.86. The molecule has 2 aliphatic rings. The zero-order chi connectivity index (χ0) is 13.6. The van der Waals surface area contributed by atoms with Crippen molar-refractivity contribution in [2.45, 2.75) is 17.8 Å². The molecule has 100 valence electrons. The number of rotatable bonds is 2. The Bertz CT molecular complexity index is 565. The molecule has 1 aromatic rings. The largest absolute Gasteiger partial charge is 0.497 e. The summed E-state index contributed by atoms with van der Waals surface area (Å²) in [5, 5.41) is 11.5. The maximum absolute atomic E-state index is 10.9. The third kappa shape index (κ3) is 1.81. The summed E-state index contributed by atoms with van der Waals surface area (Å²) in [6.07, 6.45) is 2.71. The van der Waals surface area contributed by atoms with Gasteiger partial charge in [-0.1, -0.05) is 47.5 Å². The maximum Gasteiger partial charge on any atom is 0.156 e. The van der Waals surface area contributed by atoms with Crippen molar-refractivity contribution < 1.29 is 14.6 Å². The lowest BCUT2D eigenvalue weighted by Gasteiger charge is -2.38. The standard InChI is InChI=1S/C14H12Cl2O3/c1-18-9-4-2-8(3-5-9)14(17)11-7-6-10(19-11)12(15)13(14)16/h2-7,10-11,17H,1H3/t10-,11+,14+/m1/s1. The van der Waals surface area contributed by atoms with E-state index < -0.39 is 11.7 Å². The van der Waals surface area contributed by atoms with Gasteiger partial charge in [-0.3, -0.25) is 0 Å². The molecule has 0 fully saturated rings. The average Bonchev–Trinajstić information content (AvgIpc) is 2.91. The van der Waals surface area contributed by atoms with E-state index in [2.05, 4.69) is 0 Å². The van der Waals surface area contributed by atoms with E-state index in [1.807, 2.05) is 0 Å². The van der Waals surface area contributed by atoms with E-state index in [0.717, 1.165) is 0 Å². The molecular formula is C14H12Cl2O3. The van der Waals surface area contributed by atoms with Crippen LogP contribution >= 0.6 is 23.2 Å². The summed E-state index contributed by atoms with van der Waals surface area (Å²) >= 11 is 12.4. The first-order valence-corrected chi connectivity index (χ1v) is 6.59. The Morgan fingerprint density at radius 2 is 1.89 bits per heavy atom. The summed E-state index contributed by atoms with van der Waals surface area (Å²) in [5.41, 5.74) is -0.833. The van der Waals surface area contributed by atoms with Gasteiger partial charge in [0.25, 0.3) is 0 Å². The summed E-state index contributed by atoms with van der Waals surface area (Å²) < 4.78 is 10.7. The number of halogens is 2. The second kappa shape index (κ2) is 4.53. The zero-order valence-electron chi connectivity index (χ0n) is 10.1. The molecule has 2 bridgehead atoms. The maximum atomic E-state index is 10.9. The molecule has 0 unspecified atom stereocenters. The summed E-state index contributed by atoms with van der Waals surface area (Å²) in [6, 6.07) is 7.02. The molecule has 0 amide bonds.